The summed E-state index contributed by atoms with van der Waals surface area (Å²) in [6, 6.07) is 3.86. The number of rotatable bonds is 8. The number of nitrogens with zero attached hydrogens (tertiary/aromatic N) is 3. The summed E-state index contributed by atoms with van der Waals surface area (Å²) < 4.78 is 86.4. The molecule has 2 aliphatic heterocycles. The molecule has 0 saturated heterocycles. The molecule has 16 heteroatoms. The lowest BCUT2D eigenvalue weighted by molar-refractivity contribution is -0.242. The van der Waals surface area contributed by atoms with Gasteiger partial charge in [0.2, 0.25) is 5.60 Å². The zero-order valence-electron chi connectivity index (χ0n) is 23.0. The zero-order valence-corrected chi connectivity index (χ0v) is 23.9. The van der Waals surface area contributed by atoms with Gasteiger partial charge < -0.3 is 19.3 Å². The van der Waals surface area contributed by atoms with Crippen LogP contribution in [0.5, 0.6) is 11.6 Å². The quantitative estimate of drug-likeness (QED) is 0.452. The number of amides is 1. The number of methoxy groups -OCH3 is 1. The minimum Gasteiger partial charge on any atom is -0.486 e. The van der Waals surface area contributed by atoms with Crippen molar-refractivity contribution in [2.24, 2.45) is 5.41 Å². The van der Waals surface area contributed by atoms with Crippen LogP contribution < -0.4 is 19.1 Å². The number of ether oxygens (including phenoxy) is 3. The summed E-state index contributed by atoms with van der Waals surface area (Å²) in [4.78, 5) is 24.0. The number of carbonyl (C=O) groups excluding carboxylic acids is 1. The third kappa shape index (κ3) is 5.74. The third-order valence-corrected chi connectivity index (χ3v) is 8.84. The van der Waals surface area contributed by atoms with Crippen LogP contribution in [0.2, 0.25) is 0 Å². The molecular formula is C25H31F3N4O8S. The van der Waals surface area contributed by atoms with Crippen LogP contribution in [0.4, 0.5) is 29.3 Å². The maximum atomic E-state index is 14.2. The lowest BCUT2D eigenvalue weighted by atomic mass is 9.86. The molecule has 1 atom stereocenters. The number of alkyl halides is 3. The largest absolute Gasteiger partial charge is 0.486 e. The first-order chi connectivity index (χ1) is 18.9. The molecule has 0 spiro atoms. The second-order valence-corrected chi connectivity index (χ2v) is 12.8. The number of benzene rings is 1. The van der Waals surface area contributed by atoms with E-state index in [0.717, 1.165) is 4.31 Å². The Labute approximate surface area is 234 Å². The van der Waals surface area contributed by atoms with Crippen LogP contribution in [-0.4, -0.2) is 66.9 Å². The number of sulfonamides is 1. The summed E-state index contributed by atoms with van der Waals surface area (Å²) in [5.74, 6) is -1.15. The van der Waals surface area contributed by atoms with Crippen molar-refractivity contribution >= 4 is 33.5 Å². The van der Waals surface area contributed by atoms with Crippen molar-refractivity contribution in [3.63, 3.8) is 0 Å². The number of carboxylic acid groups (broad SMARTS) is 1. The predicted molar refractivity (Wildman–Crippen MR) is 139 cm³/mol. The summed E-state index contributed by atoms with van der Waals surface area (Å²) in [5, 5.41) is 16.1. The van der Waals surface area contributed by atoms with E-state index in [0.29, 0.717) is 38.9 Å². The Morgan fingerprint density at radius 3 is 2.51 bits per heavy atom. The number of hydrogen-bond acceptors (Lipinski definition) is 8. The molecule has 1 aromatic carbocycles. The molecule has 1 unspecified atom stereocenters. The van der Waals surface area contributed by atoms with E-state index in [1.54, 1.807) is 4.68 Å². The number of aliphatic carboxylic acids is 1. The van der Waals surface area contributed by atoms with Crippen molar-refractivity contribution in [2.45, 2.75) is 76.3 Å². The van der Waals surface area contributed by atoms with Gasteiger partial charge in [-0.25, -0.2) is 13.2 Å². The molecule has 0 bridgehead atoms. The number of fused-ring (bicyclic) bond motifs is 2. The Morgan fingerprint density at radius 2 is 1.90 bits per heavy atom. The fourth-order valence-electron chi connectivity index (χ4n) is 4.60. The molecule has 0 radical (unpaired) electrons. The third-order valence-electron chi connectivity index (χ3n) is 6.99. The average Bonchev–Trinajstić information content (AvgIpc) is 3.43. The molecule has 4 rings (SSSR count). The highest BCUT2D eigenvalue weighted by molar-refractivity contribution is 7.93. The first-order valence-electron chi connectivity index (χ1n) is 12.6. The smallest absolute Gasteiger partial charge is 0.427 e. The minimum atomic E-state index is -4.83. The van der Waals surface area contributed by atoms with Gasteiger partial charge in [-0.1, -0.05) is 0 Å². The molecule has 1 amide bonds. The van der Waals surface area contributed by atoms with Gasteiger partial charge >= 0.3 is 18.2 Å². The van der Waals surface area contributed by atoms with Crippen LogP contribution >= 0.6 is 0 Å². The Morgan fingerprint density at radius 1 is 1.22 bits per heavy atom. The molecule has 0 aliphatic carbocycles. The molecule has 2 aliphatic rings. The monoisotopic (exact) mass is 604 g/mol. The van der Waals surface area contributed by atoms with Gasteiger partial charge in [0.25, 0.3) is 15.9 Å². The number of aromatic nitrogens is 2. The number of hydrogen-bond donors (Lipinski definition) is 2. The summed E-state index contributed by atoms with van der Waals surface area (Å²) >= 11 is 0. The van der Waals surface area contributed by atoms with Gasteiger partial charge in [0.05, 0.1) is 30.5 Å². The highest BCUT2D eigenvalue weighted by Gasteiger charge is 2.51. The average molecular weight is 605 g/mol. The van der Waals surface area contributed by atoms with Gasteiger partial charge in [0.15, 0.2) is 4.90 Å². The number of halogens is 3. The van der Waals surface area contributed by atoms with Crippen molar-refractivity contribution in [1.82, 2.24) is 9.78 Å². The van der Waals surface area contributed by atoms with Crippen LogP contribution in [0, 0.1) is 5.41 Å². The second kappa shape index (κ2) is 10.3. The van der Waals surface area contributed by atoms with Crippen LogP contribution in [0.3, 0.4) is 0 Å². The topological polar surface area (TPSA) is 149 Å². The van der Waals surface area contributed by atoms with E-state index in [1.807, 2.05) is 0 Å². The molecule has 2 aromatic rings. The van der Waals surface area contributed by atoms with Crippen LogP contribution in [0.15, 0.2) is 23.1 Å². The Bertz CT molecular complexity index is 1470. The van der Waals surface area contributed by atoms with Gasteiger partial charge in [-0.15, -0.1) is 5.10 Å². The molecule has 3 heterocycles. The van der Waals surface area contributed by atoms with Crippen LogP contribution in [0.25, 0.3) is 0 Å². The normalized spacial score (nSPS) is 17.4. The lowest BCUT2D eigenvalue weighted by Gasteiger charge is -2.37. The van der Waals surface area contributed by atoms with Gasteiger partial charge in [-0.2, -0.15) is 13.2 Å². The number of nitrogens with one attached hydrogen (secondary N) is 1. The number of aryl methyl sites for hydroxylation is 1. The zero-order chi connectivity index (χ0) is 30.5. The van der Waals surface area contributed by atoms with Gasteiger partial charge in [-0.3, -0.25) is 19.1 Å². The second-order valence-electron chi connectivity index (χ2n) is 11.0. The first-order valence-corrected chi connectivity index (χ1v) is 14.1. The molecular weight excluding hydrogens is 573 g/mol. The molecule has 2 N–H and O–H groups in total. The first kappa shape index (κ1) is 30.3. The fourth-order valence-corrected chi connectivity index (χ4v) is 6.43. The summed E-state index contributed by atoms with van der Waals surface area (Å²) in [5.41, 5.74) is -3.68. The van der Waals surface area contributed by atoms with Crippen molar-refractivity contribution < 1.29 is 50.5 Å². The number of carbonyl (C=O) groups is 2. The maximum absolute atomic E-state index is 14.2. The minimum absolute atomic E-state index is 0.0257. The maximum Gasteiger partial charge on any atom is 0.427 e. The van der Waals surface area contributed by atoms with E-state index in [9.17, 15) is 36.3 Å². The van der Waals surface area contributed by atoms with Crippen LogP contribution in [0.1, 0.15) is 46.2 Å². The van der Waals surface area contributed by atoms with E-state index < -0.39 is 45.4 Å². The van der Waals surface area contributed by atoms with E-state index in [-0.39, 0.29) is 40.9 Å². The highest BCUT2D eigenvalue weighted by Crippen LogP contribution is 2.43. The Hall–Kier alpha value is -3.69. The van der Waals surface area contributed by atoms with E-state index >= 15 is 0 Å². The van der Waals surface area contributed by atoms with E-state index in [2.05, 4.69) is 15.2 Å². The summed E-state index contributed by atoms with van der Waals surface area (Å²) in [6.45, 7) is 4.56. The Balaban J connectivity index is 1.75. The molecule has 0 fully saturated rings. The summed E-state index contributed by atoms with van der Waals surface area (Å²) in [7, 11) is -3.11. The molecule has 41 heavy (non-hydrogen) atoms. The van der Waals surface area contributed by atoms with Crippen molar-refractivity contribution in [3.8, 4) is 11.6 Å². The predicted octanol–water partition coefficient (Wildman–Crippen LogP) is 4.18. The number of anilines is 2. The van der Waals surface area contributed by atoms with Crippen molar-refractivity contribution in [2.75, 3.05) is 23.3 Å². The lowest BCUT2D eigenvalue weighted by Crippen LogP contribution is -2.46. The molecule has 1 aromatic heterocycles. The van der Waals surface area contributed by atoms with Gasteiger partial charge in [0, 0.05) is 18.7 Å². The van der Waals surface area contributed by atoms with Gasteiger partial charge in [-0.05, 0) is 58.7 Å². The number of carboxylic acids is 1. The van der Waals surface area contributed by atoms with Gasteiger partial charge in [0.1, 0.15) is 11.9 Å². The van der Waals surface area contributed by atoms with Crippen molar-refractivity contribution in [3.05, 3.63) is 23.9 Å². The molecule has 0 saturated carbocycles. The fraction of sp³-hybridized carbons (Fsp3) is 0.560. The van der Waals surface area contributed by atoms with E-state index in [1.165, 1.54) is 39.2 Å². The van der Waals surface area contributed by atoms with E-state index in [4.69, 9.17) is 9.47 Å². The van der Waals surface area contributed by atoms with Crippen molar-refractivity contribution in [1.29, 1.82) is 0 Å². The highest BCUT2D eigenvalue weighted by atomic mass is 32.2. The molecule has 12 nitrogen and oxygen atoms in total. The SMILES string of the molecule is COc1nn2c(c1S(=O)(=O)N1CC(CC(C)(C)C(=O)O)Oc3ccc(NC(=O)OC(C)(C)C(F)(F)F)cc31)CCC2. The summed E-state index contributed by atoms with van der Waals surface area (Å²) in [6.07, 6.45) is -6.06. The Kier molecular flexibility index (Phi) is 7.60. The van der Waals surface area contributed by atoms with Crippen LogP contribution in [-0.2, 0) is 32.5 Å². The standard InChI is InChI=1S/C25H31F3N4O8S/c1-23(2,21(33)34)12-15-13-32(41(36,37)19-16-7-6-10-31(16)30-20(19)38-5)17-11-14(8-9-18(17)39-15)29-22(35)40-24(3,4)25(26,27)28/h8-9,11,15H,6-7,10,12-13H2,1-5H3,(H,29,35)(H,33,34). The molecule has 226 valence electrons.